The molecule has 0 aliphatic rings. The third kappa shape index (κ3) is 5.05. The molecule has 2 aromatic carbocycles. The summed E-state index contributed by atoms with van der Waals surface area (Å²) in [6, 6.07) is 16.8. The van der Waals surface area contributed by atoms with Crippen LogP contribution in [-0.4, -0.2) is 29.5 Å². The summed E-state index contributed by atoms with van der Waals surface area (Å²) in [6.45, 7) is 0.485. The number of anilines is 2. The smallest absolute Gasteiger partial charge is 0.271 e. The topological polar surface area (TPSA) is 99.9 Å². The number of hydrogen-bond acceptors (Lipinski definition) is 6. The maximum absolute atomic E-state index is 12.2. The minimum atomic E-state index is -0.277. The van der Waals surface area contributed by atoms with Crippen molar-refractivity contribution in [2.75, 3.05) is 19.0 Å². The standard InChI is InChI=1S/C21H19N5O2/c1-28-18-4-2-3-15(11-18)9-10-23-21(27)19-13-25-20(14-24-19)26-17-7-5-16(12-22)6-8-17/h2-8,11,13-14H,9-10H2,1H3,(H,23,27)(H,25,26). The van der Waals surface area contributed by atoms with Gasteiger partial charge in [0.2, 0.25) is 0 Å². The lowest BCUT2D eigenvalue weighted by atomic mass is 10.1. The van der Waals surface area contributed by atoms with E-state index in [1.807, 2.05) is 24.3 Å². The van der Waals surface area contributed by atoms with Gasteiger partial charge in [0.15, 0.2) is 0 Å². The van der Waals surface area contributed by atoms with E-state index in [-0.39, 0.29) is 11.6 Å². The van der Waals surface area contributed by atoms with Gasteiger partial charge in [-0.15, -0.1) is 0 Å². The number of nitrogens with one attached hydrogen (secondary N) is 2. The molecule has 0 bridgehead atoms. The maximum Gasteiger partial charge on any atom is 0.271 e. The van der Waals surface area contributed by atoms with Crippen LogP contribution >= 0.6 is 0 Å². The Hall–Kier alpha value is -3.92. The molecule has 1 aromatic heterocycles. The minimum Gasteiger partial charge on any atom is -0.497 e. The van der Waals surface area contributed by atoms with Gasteiger partial charge in [-0.3, -0.25) is 4.79 Å². The van der Waals surface area contributed by atoms with Crippen LogP contribution in [0.15, 0.2) is 60.9 Å². The number of nitriles is 1. The first-order valence-corrected chi connectivity index (χ1v) is 8.68. The van der Waals surface area contributed by atoms with E-state index < -0.39 is 0 Å². The van der Waals surface area contributed by atoms with Gasteiger partial charge in [0.1, 0.15) is 17.3 Å². The van der Waals surface area contributed by atoms with Gasteiger partial charge in [-0.25, -0.2) is 9.97 Å². The summed E-state index contributed by atoms with van der Waals surface area (Å²) in [7, 11) is 1.62. The summed E-state index contributed by atoms with van der Waals surface area (Å²) in [5, 5.41) is 14.7. The van der Waals surface area contributed by atoms with Gasteiger partial charge in [-0.05, 0) is 48.4 Å². The van der Waals surface area contributed by atoms with Crippen molar-refractivity contribution in [2.24, 2.45) is 0 Å². The molecule has 0 fully saturated rings. The Balaban J connectivity index is 1.52. The average molecular weight is 373 g/mol. The van der Waals surface area contributed by atoms with E-state index in [0.29, 0.717) is 24.3 Å². The van der Waals surface area contributed by atoms with E-state index in [1.165, 1.54) is 12.4 Å². The lowest BCUT2D eigenvalue weighted by Crippen LogP contribution is -2.26. The van der Waals surface area contributed by atoms with Gasteiger partial charge in [0.25, 0.3) is 5.91 Å². The van der Waals surface area contributed by atoms with Crippen molar-refractivity contribution in [1.82, 2.24) is 15.3 Å². The van der Waals surface area contributed by atoms with Crippen molar-refractivity contribution in [3.63, 3.8) is 0 Å². The van der Waals surface area contributed by atoms with Crippen LogP contribution in [0.2, 0.25) is 0 Å². The summed E-state index contributed by atoms with van der Waals surface area (Å²) >= 11 is 0. The van der Waals surface area contributed by atoms with Crippen molar-refractivity contribution in [1.29, 1.82) is 5.26 Å². The zero-order valence-corrected chi connectivity index (χ0v) is 15.3. The monoisotopic (exact) mass is 373 g/mol. The number of hydrogen-bond donors (Lipinski definition) is 2. The Labute approximate surface area is 163 Å². The molecule has 0 unspecified atom stereocenters. The number of carbonyl (C=O) groups is 1. The molecule has 0 aliphatic heterocycles. The Kier molecular flexibility index (Phi) is 6.16. The van der Waals surface area contributed by atoms with Crippen LogP contribution in [0.4, 0.5) is 11.5 Å². The number of nitrogens with zero attached hydrogens (tertiary/aromatic N) is 3. The largest absolute Gasteiger partial charge is 0.497 e. The Morgan fingerprint density at radius 1 is 1.14 bits per heavy atom. The van der Waals surface area contributed by atoms with Crippen LogP contribution in [0.3, 0.4) is 0 Å². The number of benzene rings is 2. The number of ether oxygens (including phenoxy) is 1. The molecule has 0 radical (unpaired) electrons. The second-order valence-electron chi connectivity index (χ2n) is 5.96. The molecule has 1 heterocycles. The molecule has 1 amide bonds. The van der Waals surface area contributed by atoms with Crippen molar-refractivity contribution < 1.29 is 9.53 Å². The molecule has 0 spiro atoms. The summed E-state index contributed by atoms with van der Waals surface area (Å²) in [5.41, 5.74) is 2.69. The fourth-order valence-corrected chi connectivity index (χ4v) is 2.52. The molecule has 0 saturated heterocycles. The predicted molar refractivity (Wildman–Crippen MR) is 106 cm³/mol. The molecule has 0 atom stereocenters. The van der Waals surface area contributed by atoms with Gasteiger partial charge in [-0.2, -0.15) is 5.26 Å². The Morgan fingerprint density at radius 2 is 1.96 bits per heavy atom. The summed E-state index contributed by atoms with van der Waals surface area (Å²) in [4.78, 5) is 20.6. The van der Waals surface area contributed by atoms with E-state index in [1.54, 1.807) is 31.4 Å². The molecule has 0 saturated carbocycles. The molecule has 2 N–H and O–H groups in total. The van der Waals surface area contributed by atoms with Crippen molar-refractivity contribution >= 4 is 17.4 Å². The van der Waals surface area contributed by atoms with Crippen molar-refractivity contribution in [2.45, 2.75) is 6.42 Å². The number of carbonyl (C=O) groups excluding carboxylic acids is 1. The summed E-state index contributed by atoms with van der Waals surface area (Å²) in [6.07, 6.45) is 3.61. The molecule has 3 aromatic rings. The van der Waals surface area contributed by atoms with Crippen LogP contribution in [0, 0.1) is 11.3 Å². The van der Waals surface area contributed by atoms with Crippen LogP contribution in [0.25, 0.3) is 0 Å². The predicted octanol–water partition coefficient (Wildman–Crippen LogP) is 3.07. The highest BCUT2D eigenvalue weighted by Crippen LogP contribution is 2.15. The maximum atomic E-state index is 12.2. The van der Waals surface area contributed by atoms with Gasteiger partial charge in [0.05, 0.1) is 31.1 Å². The van der Waals surface area contributed by atoms with Gasteiger partial charge >= 0.3 is 0 Å². The van der Waals surface area contributed by atoms with Gasteiger partial charge in [0, 0.05) is 12.2 Å². The molecule has 7 heteroatoms. The normalized spacial score (nSPS) is 10.0. The molecule has 7 nitrogen and oxygen atoms in total. The minimum absolute atomic E-state index is 0.246. The third-order valence-corrected chi connectivity index (χ3v) is 4.00. The van der Waals surface area contributed by atoms with Gasteiger partial charge < -0.3 is 15.4 Å². The SMILES string of the molecule is COc1cccc(CCNC(=O)c2cnc(Nc3ccc(C#N)cc3)cn2)c1. The second-order valence-corrected chi connectivity index (χ2v) is 5.96. The van der Waals surface area contributed by atoms with Crippen molar-refractivity contribution in [3.8, 4) is 11.8 Å². The molecular weight excluding hydrogens is 354 g/mol. The quantitative estimate of drug-likeness (QED) is 0.660. The zero-order chi connectivity index (χ0) is 19.8. The first-order chi connectivity index (χ1) is 13.7. The number of rotatable bonds is 7. The first kappa shape index (κ1) is 18.9. The third-order valence-electron chi connectivity index (χ3n) is 4.00. The number of amides is 1. The number of methoxy groups -OCH3 is 1. The lowest BCUT2D eigenvalue weighted by Gasteiger charge is -2.08. The van der Waals surface area contributed by atoms with Crippen LogP contribution < -0.4 is 15.4 Å². The highest BCUT2D eigenvalue weighted by molar-refractivity contribution is 5.92. The van der Waals surface area contributed by atoms with Crippen LogP contribution in [0.1, 0.15) is 21.6 Å². The van der Waals surface area contributed by atoms with E-state index in [2.05, 4.69) is 26.7 Å². The molecule has 140 valence electrons. The van der Waals surface area contributed by atoms with Crippen LogP contribution in [-0.2, 0) is 6.42 Å². The van der Waals surface area contributed by atoms with E-state index in [0.717, 1.165) is 17.0 Å². The fraction of sp³-hybridized carbons (Fsp3) is 0.143. The van der Waals surface area contributed by atoms with Crippen molar-refractivity contribution in [3.05, 3.63) is 77.7 Å². The van der Waals surface area contributed by atoms with E-state index in [9.17, 15) is 4.79 Å². The van der Waals surface area contributed by atoms with E-state index in [4.69, 9.17) is 10.00 Å². The number of aromatic nitrogens is 2. The highest BCUT2D eigenvalue weighted by Gasteiger charge is 2.08. The zero-order valence-electron chi connectivity index (χ0n) is 15.3. The van der Waals surface area contributed by atoms with Gasteiger partial charge in [-0.1, -0.05) is 12.1 Å². The van der Waals surface area contributed by atoms with Crippen LogP contribution in [0.5, 0.6) is 5.75 Å². The summed E-state index contributed by atoms with van der Waals surface area (Å²) in [5.74, 6) is 1.03. The molecule has 0 aliphatic carbocycles. The summed E-state index contributed by atoms with van der Waals surface area (Å²) < 4.78 is 5.19. The fourth-order valence-electron chi connectivity index (χ4n) is 2.52. The lowest BCUT2D eigenvalue weighted by molar-refractivity contribution is 0.0949. The Bertz CT molecular complexity index is 979. The average Bonchev–Trinajstić information content (AvgIpc) is 2.75. The molecular formula is C21H19N5O2. The molecule has 28 heavy (non-hydrogen) atoms. The van der Waals surface area contributed by atoms with E-state index >= 15 is 0 Å². The highest BCUT2D eigenvalue weighted by atomic mass is 16.5. The Morgan fingerprint density at radius 3 is 2.64 bits per heavy atom. The second kappa shape index (κ2) is 9.14. The first-order valence-electron chi connectivity index (χ1n) is 8.68. The molecule has 3 rings (SSSR count).